The Morgan fingerprint density at radius 2 is 1.79 bits per heavy atom. The number of hydrogen-bond donors (Lipinski definition) is 0. The van der Waals surface area contributed by atoms with E-state index in [1.54, 1.807) is 6.07 Å². The Labute approximate surface area is 117 Å². The van der Waals surface area contributed by atoms with Crippen LogP contribution in [0.2, 0.25) is 13.1 Å². The summed E-state index contributed by atoms with van der Waals surface area (Å²) < 4.78 is 10.9. The van der Waals surface area contributed by atoms with Crippen LogP contribution in [0.3, 0.4) is 0 Å². The van der Waals surface area contributed by atoms with E-state index < -0.39 is 9.04 Å². The summed E-state index contributed by atoms with van der Waals surface area (Å²) in [4.78, 5) is 11.9. The molecule has 0 heterocycles. The van der Waals surface area contributed by atoms with Gasteiger partial charge in [0.25, 0.3) is 9.04 Å². The molecule has 1 aromatic rings. The van der Waals surface area contributed by atoms with Crippen molar-refractivity contribution >= 4 is 15.0 Å². The second-order valence-electron chi connectivity index (χ2n) is 5.89. The highest BCUT2D eigenvalue weighted by Crippen LogP contribution is 2.37. The summed E-state index contributed by atoms with van der Waals surface area (Å²) in [5.41, 5.74) is 2.66. The van der Waals surface area contributed by atoms with E-state index in [9.17, 15) is 4.79 Å². The van der Waals surface area contributed by atoms with Crippen LogP contribution >= 0.6 is 0 Å². The lowest BCUT2D eigenvalue weighted by atomic mass is 9.82. The van der Waals surface area contributed by atoms with Gasteiger partial charge in [-0.3, -0.25) is 0 Å². The van der Waals surface area contributed by atoms with E-state index in [4.69, 9.17) is 9.16 Å². The molecule has 0 aliphatic heterocycles. The van der Waals surface area contributed by atoms with E-state index in [0.29, 0.717) is 11.3 Å². The molecular weight excluding hydrogens is 256 g/mol. The van der Waals surface area contributed by atoms with Gasteiger partial charge in [-0.1, -0.05) is 26.8 Å². The van der Waals surface area contributed by atoms with Crippen LogP contribution in [0, 0.1) is 6.92 Å². The van der Waals surface area contributed by atoms with Gasteiger partial charge in [-0.2, -0.15) is 0 Å². The third-order valence-electron chi connectivity index (χ3n) is 2.83. The van der Waals surface area contributed by atoms with Gasteiger partial charge in [0.2, 0.25) is 0 Å². The summed E-state index contributed by atoms with van der Waals surface area (Å²) in [7, 11) is 0.439. The van der Waals surface area contributed by atoms with Crippen molar-refractivity contribution in [3.63, 3.8) is 0 Å². The van der Waals surface area contributed by atoms with Crippen molar-refractivity contribution in [2.45, 2.75) is 46.2 Å². The van der Waals surface area contributed by atoms with Crippen LogP contribution in [0.15, 0.2) is 12.1 Å². The number of carbonyl (C=O) groups is 1. The van der Waals surface area contributed by atoms with Crippen LogP contribution in [0.25, 0.3) is 0 Å². The SMILES string of the molecule is COC(=O)c1ccc(C)c(C(C)(C)C)c1O[Si](C)C. The zero-order valence-corrected chi connectivity index (χ0v) is 13.9. The van der Waals surface area contributed by atoms with E-state index in [-0.39, 0.29) is 11.4 Å². The van der Waals surface area contributed by atoms with Gasteiger partial charge in [-0.05, 0) is 37.1 Å². The fourth-order valence-corrected chi connectivity index (χ4v) is 2.81. The Kier molecular flexibility index (Phi) is 4.79. The Morgan fingerprint density at radius 3 is 2.21 bits per heavy atom. The number of benzene rings is 1. The lowest BCUT2D eigenvalue weighted by Crippen LogP contribution is -2.22. The molecule has 0 bridgehead atoms. The Balaban J connectivity index is 3.55. The zero-order valence-electron chi connectivity index (χ0n) is 12.9. The van der Waals surface area contributed by atoms with Gasteiger partial charge in [-0.15, -0.1) is 0 Å². The minimum Gasteiger partial charge on any atom is -0.542 e. The van der Waals surface area contributed by atoms with Gasteiger partial charge >= 0.3 is 5.97 Å². The summed E-state index contributed by atoms with van der Waals surface area (Å²) in [6.45, 7) is 12.5. The van der Waals surface area contributed by atoms with Crippen molar-refractivity contribution in [2.24, 2.45) is 0 Å². The normalized spacial score (nSPS) is 11.6. The Bertz CT molecular complexity index is 473. The van der Waals surface area contributed by atoms with Crippen LogP contribution < -0.4 is 4.43 Å². The molecule has 0 atom stereocenters. The monoisotopic (exact) mass is 279 g/mol. The summed E-state index contributed by atoms with van der Waals surface area (Å²) in [5, 5.41) is 0. The van der Waals surface area contributed by atoms with Crippen molar-refractivity contribution in [2.75, 3.05) is 7.11 Å². The standard InChI is InChI=1S/C15H23O3Si/c1-10-8-9-11(14(16)17-5)13(18-19(6)7)12(10)15(2,3)4/h8-9H,1-7H3. The topological polar surface area (TPSA) is 35.5 Å². The number of aryl methyl sites for hydroxylation is 1. The molecule has 0 amide bonds. The van der Waals surface area contributed by atoms with E-state index in [0.717, 1.165) is 11.1 Å². The molecule has 0 N–H and O–H groups in total. The third-order valence-corrected chi connectivity index (χ3v) is 3.44. The minimum atomic E-state index is -0.956. The second-order valence-corrected chi connectivity index (χ2v) is 7.91. The summed E-state index contributed by atoms with van der Waals surface area (Å²) >= 11 is 0. The molecule has 105 valence electrons. The fourth-order valence-electron chi connectivity index (χ4n) is 2.19. The van der Waals surface area contributed by atoms with Gasteiger partial charge in [-0.25, -0.2) is 4.79 Å². The van der Waals surface area contributed by atoms with Crippen LogP contribution in [0.1, 0.15) is 42.3 Å². The van der Waals surface area contributed by atoms with E-state index in [2.05, 4.69) is 33.9 Å². The van der Waals surface area contributed by atoms with Crippen molar-refractivity contribution in [3.05, 3.63) is 28.8 Å². The molecule has 0 spiro atoms. The molecule has 0 fully saturated rings. The van der Waals surface area contributed by atoms with Gasteiger partial charge in [0, 0.05) is 5.56 Å². The zero-order chi connectivity index (χ0) is 14.8. The van der Waals surface area contributed by atoms with Crippen LogP contribution in [-0.4, -0.2) is 22.1 Å². The predicted molar refractivity (Wildman–Crippen MR) is 79.3 cm³/mol. The van der Waals surface area contributed by atoms with Gasteiger partial charge < -0.3 is 9.16 Å². The first-order valence-corrected chi connectivity index (χ1v) is 8.79. The molecule has 1 radical (unpaired) electrons. The first-order chi connectivity index (χ1) is 8.68. The number of hydrogen-bond acceptors (Lipinski definition) is 3. The molecule has 0 aliphatic carbocycles. The van der Waals surface area contributed by atoms with Crippen molar-refractivity contribution in [1.82, 2.24) is 0 Å². The lowest BCUT2D eigenvalue weighted by molar-refractivity contribution is 0.0598. The predicted octanol–water partition coefficient (Wildman–Crippen LogP) is 3.71. The van der Waals surface area contributed by atoms with Gasteiger partial charge in [0.05, 0.1) is 7.11 Å². The van der Waals surface area contributed by atoms with Crippen LogP contribution in [0.5, 0.6) is 5.75 Å². The summed E-state index contributed by atoms with van der Waals surface area (Å²) in [6, 6.07) is 3.74. The Hall–Kier alpha value is -1.29. The Morgan fingerprint density at radius 1 is 1.21 bits per heavy atom. The highest BCUT2D eigenvalue weighted by atomic mass is 28.3. The molecule has 0 aliphatic rings. The molecule has 1 aromatic carbocycles. The number of methoxy groups -OCH3 is 1. The molecule has 1 rings (SSSR count). The van der Waals surface area contributed by atoms with Crippen molar-refractivity contribution in [3.8, 4) is 5.75 Å². The summed E-state index contributed by atoms with van der Waals surface area (Å²) in [6.07, 6.45) is 0. The van der Waals surface area contributed by atoms with Gasteiger partial charge in [0.1, 0.15) is 11.3 Å². The number of ether oxygens (including phenoxy) is 1. The molecule has 19 heavy (non-hydrogen) atoms. The minimum absolute atomic E-state index is 0.0826. The largest absolute Gasteiger partial charge is 0.542 e. The maximum Gasteiger partial charge on any atom is 0.341 e. The average Bonchev–Trinajstić information content (AvgIpc) is 2.25. The van der Waals surface area contributed by atoms with Crippen molar-refractivity contribution < 1.29 is 14.0 Å². The van der Waals surface area contributed by atoms with E-state index in [1.165, 1.54) is 7.11 Å². The third kappa shape index (κ3) is 3.59. The molecule has 0 unspecified atom stereocenters. The van der Waals surface area contributed by atoms with E-state index >= 15 is 0 Å². The number of esters is 1. The van der Waals surface area contributed by atoms with Crippen molar-refractivity contribution in [1.29, 1.82) is 0 Å². The number of carbonyl (C=O) groups excluding carboxylic acids is 1. The molecular formula is C15H23O3Si. The summed E-state index contributed by atoms with van der Waals surface area (Å²) in [5.74, 6) is 0.349. The molecule has 0 aromatic heterocycles. The van der Waals surface area contributed by atoms with Gasteiger partial charge in [0.15, 0.2) is 0 Å². The second kappa shape index (κ2) is 5.78. The smallest absolute Gasteiger partial charge is 0.341 e. The first-order valence-electron chi connectivity index (χ1n) is 6.39. The highest BCUT2D eigenvalue weighted by molar-refractivity contribution is 6.49. The number of rotatable bonds is 3. The first kappa shape index (κ1) is 15.8. The molecule has 0 saturated carbocycles. The quantitative estimate of drug-likeness (QED) is 0.625. The maximum absolute atomic E-state index is 11.9. The lowest BCUT2D eigenvalue weighted by Gasteiger charge is -2.27. The van der Waals surface area contributed by atoms with E-state index in [1.807, 2.05) is 13.0 Å². The molecule has 4 heteroatoms. The fraction of sp³-hybridized carbons (Fsp3) is 0.533. The maximum atomic E-state index is 11.9. The molecule has 0 saturated heterocycles. The van der Waals surface area contributed by atoms with Crippen LogP contribution in [-0.2, 0) is 10.2 Å². The molecule has 3 nitrogen and oxygen atoms in total. The highest BCUT2D eigenvalue weighted by Gasteiger charge is 2.27. The van der Waals surface area contributed by atoms with Crippen LogP contribution in [0.4, 0.5) is 0 Å². The average molecular weight is 279 g/mol.